The van der Waals surface area contributed by atoms with Crippen molar-refractivity contribution in [1.82, 2.24) is 15.5 Å². The fraction of sp³-hybridized carbons (Fsp3) is 0.933. The normalized spacial score (nSPS) is 31.5. The predicted octanol–water partition coefficient (Wildman–Crippen LogP) is 1.22. The van der Waals surface area contributed by atoms with Gasteiger partial charge >= 0.3 is 0 Å². The zero-order valence-corrected chi connectivity index (χ0v) is 12.6. The van der Waals surface area contributed by atoms with Crippen LogP contribution in [0.2, 0.25) is 0 Å². The van der Waals surface area contributed by atoms with Gasteiger partial charge in [0.25, 0.3) is 0 Å². The number of nitrogens with zero attached hydrogens (tertiary/aromatic N) is 1. The van der Waals surface area contributed by atoms with Crippen molar-refractivity contribution < 1.29 is 4.79 Å². The van der Waals surface area contributed by atoms with E-state index in [2.05, 4.69) is 29.4 Å². The van der Waals surface area contributed by atoms with Crippen LogP contribution in [0.15, 0.2) is 0 Å². The second-order valence-electron chi connectivity index (χ2n) is 6.40. The molecule has 2 fully saturated rings. The van der Waals surface area contributed by atoms with E-state index < -0.39 is 0 Å². The van der Waals surface area contributed by atoms with E-state index in [-0.39, 0.29) is 5.91 Å². The molecule has 1 saturated heterocycles. The minimum Gasteiger partial charge on any atom is -0.359 e. The van der Waals surface area contributed by atoms with Crippen LogP contribution in [-0.2, 0) is 4.79 Å². The van der Waals surface area contributed by atoms with Gasteiger partial charge in [0, 0.05) is 45.2 Å². The molecule has 1 aliphatic heterocycles. The summed E-state index contributed by atoms with van der Waals surface area (Å²) >= 11 is 0. The summed E-state index contributed by atoms with van der Waals surface area (Å²) in [6, 6.07) is 1.29. The van der Waals surface area contributed by atoms with Crippen molar-refractivity contribution in [1.29, 1.82) is 0 Å². The first-order chi connectivity index (χ1) is 9.11. The largest absolute Gasteiger partial charge is 0.359 e. The Morgan fingerprint density at radius 1 is 1.26 bits per heavy atom. The lowest BCUT2D eigenvalue weighted by Gasteiger charge is -2.49. The van der Waals surface area contributed by atoms with Gasteiger partial charge in [-0.25, -0.2) is 0 Å². The van der Waals surface area contributed by atoms with Crippen LogP contribution in [0.3, 0.4) is 0 Å². The van der Waals surface area contributed by atoms with E-state index in [0.717, 1.165) is 18.4 Å². The molecule has 4 heteroatoms. The number of piperidine rings is 1. The fourth-order valence-corrected chi connectivity index (χ4v) is 3.71. The topological polar surface area (TPSA) is 44.4 Å². The Morgan fingerprint density at radius 3 is 2.42 bits per heavy atom. The van der Waals surface area contributed by atoms with Gasteiger partial charge in [0.1, 0.15) is 0 Å². The first-order valence-corrected chi connectivity index (χ1v) is 7.79. The molecular formula is C15H29N3O. The summed E-state index contributed by atoms with van der Waals surface area (Å²) < 4.78 is 0. The van der Waals surface area contributed by atoms with Gasteiger partial charge in [0.15, 0.2) is 0 Å². The molecular weight excluding hydrogens is 238 g/mol. The number of amides is 1. The maximum atomic E-state index is 11.3. The maximum Gasteiger partial charge on any atom is 0.221 e. The lowest BCUT2D eigenvalue weighted by Crippen LogP contribution is -2.58. The summed E-state index contributed by atoms with van der Waals surface area (Å²) in [6.07, 6.45) is 4.67. The third-order valence-electron chi connectivity index (χ3n) is 4.84. The average molecular weight is 267 g/mol. The molecule has 1 aliphatic carbocycles. The number of rotatable bonds is 5. The standard InChI is InChI=1S/C15H29N3O/c1-11(2)18-9-12-5-4-6-13(10-18)15(12)17-8-7-14(19)16-3/h11-13,15,17H,4-10H2,1-3H3,(H,16,19). The second-order valence-corrected chi connectivity index (χ2v) is 6.40. The predicted molar refractivity (Wildman–Crippen MR) is 78.0 cm³/mol. The highest BCUT2D eigenvalue weighted by Crippen LogP contribution is 2.35. The van der Waals surface area contributed by atoms with E-state index >= 15 is 0 Å². The number of hydrogen-bond donors (Lipinski definition) is 2. The van der Waals surface area contributed by atoms with Crippen LogP contribution in [0, 0.1) is 11.8 Å². The molecule has 0 aromatic rings. The number of likely N-dealkylation sites (tertiary alicyclic amines) is 1. The third-order valence-corrected chi connectivity index (χ3v) is 4.84. The van der Waals surface area contributed by atoms with Crippen LogP contribution < -0.4 is 10.6 Å². The second kappa shape index (κ2) is 6.71. The number of carbonyl (C=O) groups is 1. The average Bonchev–Trinajstić information content (AvgIpc) is 2.37. The zero-order valence-electron chi connectivity index (χ0n) is 12.6. The highest BCUT2D eigenvalue weighted by molar-refractivity contribution is 5.75. The molecule has 0 aromatic heterocycles. The van der Waals surface area contributed by atoms with E-state index in [1.165, 1.54) is 32.4 Å². The van der Waals surface area contributed by atoms with E-state index in [4.69, 9.17) is 0 Å². The fourth-order valence-electron chi connectivity index (χ4n) is 3.71. The van der Waals surface area contributed by atoms with Gasteiger partial charge in [-0.2, -0.15) is 0 Å². The summed E-state index contributed by atoms with van der Waals surface area (Å²) in [5.74, 6) is 1.69. The molecule has 110 valence electrons. The van der Waals surface area contributed by atoms with Crippen LogP contribution in [0.4, 0.5) is 0 Å². The molecule has 0 aromatic carbocycles. The Hall–Kier alpha value is -0.610. The Balaban J connectivity index is 1.85. The molecule has 1 saturated carbocycles. The highest BCUT2D eigenvalue weighted by Gasteiger charge is 2.39. The minimum atomic E-state index is 0.136. The first-order valence-electron chi connectivity index (χ1n) is 7.79. The molecule has 2 rings (SSSR count). The van der Waals surface area contributed by atoms with E-state index in [1.807, 2.05) is 0 Å². The Kier molecular flexibility index (Phi) is 5.22. The van der Waals surface area contributed by atoms with Gasteiger partial charge in [-0.1, -0.05) is 6.42 Å². The van der Waals surface area contributed by atoms with Crippen molar-refractivity contribution in [3.8, 4) is 0 Å². The lowest BCUT2D eigenvalue weighted by atomic mass is 9.73. The quantitative estimate of drug-likeness (QED) is 0.787. The summed E-state index contributed by atoms with van der Waals surface area (Å²) in [6.45, 7) is 7.88. The summed E-state index contributed by atoms with van der Waals surface area (Å²) in [5, 5.41) is 6.35. The highest BCUT2D eigenvalue weighted by atomic mass is 16.1. The summed E-state index contributed by atoms with van der Waals surface area (Å²) in [7, 11) is 1.71. The zero-order chi connectivity index (χ0) is 13.8. The summed E-state index contributed by atoms with van der Waals surface area (Å²) in [4.78, 5) is 13.9. The SMILES string of the molecule is CNC(=O)CCNC1C2CCCC1CN(C(C)C)C2. The number of nitrogens with one attached hydrogen (secondary N) is 2. The molecule has 2 aliphatic rings. The number of hydrogen-bond acceptors (Lipinski definition) is 3. The van der Waals surface area contributed by atoms with E-state index in [9.17, 15) is 4.79 Å². The van der Waals surface area contributed by atoms with Crippen molar-refractivity contribution in [2.75, 3.05) is 26.7 Å². The van der Waals surface area contributed by atoms with Gasteiger partial charge in [0.2, 0.25) is 5.91 Å². The van der Waals surface area contributed by atoms with Crippen molar-refractivity contribution in [3.63, 3.8) is 0 Å². The number of carbonyl (C=O) groups excluding carboxylic acids is 1. The summed E-state index contributed by atoms with van der Waals surface area (Å²) in [5.41, 5.74) is 0. The van der Waals surface area contributed by atoms with Crippen molar-refractivity contribution in [3.05, 3.63) is 0 Å². The molecule has 2 unspecified atom stereocenters. The molecule has 1 heterocycles. The van der Waals surface area contributed by atoms with Crippen LogP contribution in [0.1, 0.15) is 39.5 Å². The maximum absolute atomic E-state index is 11.3. The van der Waals surface area contributed by atoms with E-state index in [0.29, 0.717) is 18.5 Å². The van der Waals surface area contributed by atoms with Gasteiger partial charge < -0.3 is 15.5 Å². The lowest BCUT2D eigenvalue weighted by molar-refractivity contribution is -0.120. The molecule has 0 spiro atoms. The molecule has 1 amide bonds. The van der Waals surface area contributed by atoms with Gasteiger partial charge in [-0.05, 0) is 38.5 Å². The van der Waals surface area contributed by atoms with Crippen LogP contribution in [0.25, 0.3) is 0 Å². The first kappa shape index (κ1) is 14.8. The smallest absolute Gasteiger partial charge is 0.221 e. The molecule has 0 radical (unpaired) electrons. The van der Waals surface area contributed by atoms with Crippen molar-refractivity contribution in [2.24, 2.45) is 11.8 Å². The van der Waals surface area contributed by atoms with Crippen LogP contribution in [0.5, 0.6) is 0 Å². The monoisotopic (exact) mass is 267 g/mol. The minimum absolute atomic E-state index is 0.136. The van der Waals surface area contributed by atoms with Crippen molar-refractivity contribution >= 4 is 5.91 Å². The third kappa shape index (κ3) is 3.69. The molecule has 2 N–H and O–H groups in total. The molecule has 2 atom stereocenters. The van der Waals surface area contributed by atoms with Gasteiger partial charge in [-0.3, -0.25) is 4.79 Å². The van der Waals surface area contributed by atoms with Gasteiger partial charge in [-0.15, -0.1) is 0 Å². The van der Waals surface area contributed by atoms with Crippen molar-refractivity contribution in [2.45, 2.75) is 51.6 Å². The number of fused-ring (bicyclic) bond motifs is 2. The van der Waals surface area contributed by atoms with E-state index in [1.54, 1.807) is 7.05 Å². The molecule has 2 bridgehead atoms. The molecule has 4 nitrogen and oxygen atoms in total. The Labute approximate surface area is 117 Å². The molecule has 19 heavy (non-hydrogen) atoms. The van der Waals surface area contributed by atoms with Crippen LogP contribution in [-0.4, -0.2) is 49.6 Å². The Bertz CT molecular complexity index is 292. The van der Waals surface area contributed by atoms with Gasteiger partial charge in [0.05, 0.1) is 0 Å². The Morgan fingerprint density at radius 2 is 1.89 bits per heavy atom. The van der Waals surface area contributed by atoms with Crippen LogP contribution >= 0.6 is 0 Å².